The molecule has 1 aromatic heterocycles. The molecule has 3 rings (SSSR count). The number of H-pyrrole nitrogens is 1. The normalized spacial score (nSPS) is 18.0. The Morgan fingerprint density at radius 2 is 1.88 bits per heavy atom. The molecular formula is C14H17N2. The highest BCUT2D eigenvalue weighted by atomic mass is 15.1. The molecule has 0 spiro atoms. The average molecular weight is 213 g/mol. The molecule has 1 aliphatic rings. The second-order valence-corrected chi connectivity index (χ2v) is 4.52. The lowest BCUT2D eigenvalue weighted by molar-refractivity contribution is 0.286. The Morgan fingerprint density at radius 3 is 2.75 bits per heavy atom. The number of aromatic nitrogens is 1. The first-order valence-corrected chi connectivity index (χ1v) is 6.08. The Labute approximate surface area is 96.3 Å². The van der Waals surface area contributed by atoms with E-state index in [-0.39, 0.29) is 0 Å². The number of nitrogens with zero attached hydrogens (tertiary/aromatic N) is 1. The van der Waals surface area contributed by atoms with Crippen molar-refractivity contribution < 1.29 is 0 Å². The molecule has 2 nitrogen and oxygen atoms in total. The van der Waals surface area contributed by atoms with Crippen LogP contribution in [0.15, 0.2) is 30.5 Å². The van der Waals surface area contributed by atoms with E-state index in [1.54, 1.807) is 0 Å². The van der Waals surface area contributed by atoms with Gasteiger partial charge in [-0.1, -0.05) is 24.6 Å². The third kappa shape index (κ3) is 1.85. The number of likely N-dealkylation sites (tertiary alicyclic amines) is 1. The van der Waals surface area contributed by atoms with Crippen molar-refractivity contribution >= 4 is 10.9 Å². The zero-order chi connectivity index (χ0) is 10.8. The number of aromatic amines is 1. The lowest BCUT2D eigenvalue weighted by atomic mass is 10.1. The number of rotatable bonds is 2. The average Bonchev–Trinajstić information content (AvgIpc) is 2.74. The molecule has 1 aliphatic heterocycles. The first-order chi connectivity index (χ1) is 7.93. The van der Waals surface area contributed by atoms with Gasteiger partial charge in [-0.2, -0.15) is 0 Å². The van der Waals surface area contributed by atoms with Crippen molar-refractivity contribution in [2.45, 2.75) is 19.3 Å². The minimum absolute atomic E-state index is 1.21. The standard InChI is InChI=1S/C14H17N2/c1-4-8-16(9-5-1)11-12-10-15-14-7-3-2-6-13(12)14/h2-3,6-7,10-11,15H,1,4-5,8-9H2. The minimum Gasteiger partial charge on any atom is -0.361 e. The van der Waals surface area contributed by atoms with Gasteiger partial charge in [-0.25, -0.2) is 0 Å². The first kappa shape index (κ1) is 9.91. The van der Waals surface area contributed by atoms with Crippen molar-refractivity contribution in [2.24, 2.45) is 0 Å². The number of para-hydroxylation sites is 1. The zero-order valence-corrected chi connectivity index (χ0v) is 9.45. The van der Waals surface area contributed by atoms with Gasteiger partial charge in [0, 0.05) is 17.1 Å². The van der Waals surface area contributed by atoms with E-state index in [0.717, 1.165) is 0 Å². The molecule has 83 valence electrons. The summed E-state index contributed by atoms with van der Waals surface area (Å²) in [5.41, 5.74) is 2.54. The van der Waals surface area contributed by atoms with E-state index in [1.165, 1.54) is 48.8 Å². The molecule has 0 bridgehead atoms. The third-order valence-corrected chi connectivity index (χ3v) is 3.33. The third-order valence-electron chi connectivity index (χ3n) is 3.33. The Hall–Kier alpha value is -1.28. The summed E-state index contributed by atoms with van der Waals surface area (Å²) < 4.78 is 0. The van der Waals surface area contributed by atoms with Gasteiger partial charge in [0.15, 0.2) is 0 Å². The van der Waals surface area contributed by atoms with Crippen LogP contribution in [0.4, 0.5) is 0 Å². The van der Waals surface area contributed by atoms with Gasteiger partial charge in [0.2, 0.25) is 0 Å². The highest BCUT2D eigenvalue weighted by molar-refractivity contribution is 5.84. The van der Waals surface area contributed by atoms with Crippen LogP contribution in [0.2, 0.25) is 0 Å². The van der Waals surface area contributed by atoms with Crippen LogP contribution in [-0.4, -0.2) is 23.0 Å². The van der Waals surface area contributed by atoms with E-state index in [1.807, 2.05) is 0 Å². The number of hydrogen-bond donors (Lipinski definition) is 1. The Balaban J connectivity index is 1.83. The van der Waals surface area contributed by atoms with Gasteiger partial charge < -0.3 is 4.98 Å². The molecule has 0 aliphatic carbocycles. The Kier molecular flexibility index (Phi) is 2.66. The van der Waals surface area contributed by atoms with Crippen molar-refractivity contribution in [3.63, 3.8) is 0 Å². The molecule has 1 fully saturated rings. The fraction of sp³-hybridized carbons (Fsp3) is 0.357. The first-order valence-electron chi connectivity index (χ1n) is 6.08. The topological polar surface area (TPSA) is 19.0 Å². The van der Waals surface area contributed by atoms with Gasteiger partial charge in [0.25, 0.3) is 0 Å². The molecular weight excluding hydrogens is 196 g/mol. The molecule has 0 saturated carbocycles. The second kappa shape index (κ2) is 4.30. The van der Waals surface area contributed by atoms with Crippen molar-refractivity contribution in [1.82, 2.24) is 9.88 Å². The highest BCUT2D eigenvalue weighted by Crippen LogP contribution is 2.22. The lowest BCUT2D eigenvalue weighted by Gasteiger charge is -2.25. The quantitative estimate of drug-likeness (QED) is 0.812. The maximum absolute atomic E-state index is 3.32. The molecule has 0 amide bonds. The second-order valence-electron chi connectivity index (χ2n) is 4.52. The van der Waals surface area contributed by atoms with Gasteiger partial charge in [0.05, 0.1) is 6.54 Å². The summed E-state index contributed by atoms with van der Waals surface area (Å²) in [6.45, 7) is 4.72. The van der Waals surface area contributed by atoms with Crippen molar-refractivity contribution in [1.29, 1.82) is 0 Å². The van der Waals surface area contributed by atoms with Crippen LogP contribution in [0.5, 0.6) is 0 Å². The molecule has 0 unspecified atom stereocenters. The number of fused-ring (bicyclic) bond motifs is 1. The summed E-state index contributed by atoms with van der Waals surface area (Å²) in [6, 6.07) is 8.48. The van der Waals surface area contributed by atoms with E-state index in [9.17, 15) is 0 Å². The highest BCUT2D eigenvalue weighted by Gasteiger charge is 2.12. The Bertz CT molecular complexity index is 466. The van der Waals surface area contributed by atoms with Crippen LogP contribution in [0, 0.1) is 6.54 Å². The summed E-state index contributed by atoms with van der Waals surface area (Å²) >= 11 is 0. The summed E-state index contributed by atoms with van der Waals surface area (Å²) in [4.78, 5) is 5.76. The van der Waals surface area contributed by atoms with Gasteiger partial charge in [-0.05, 0) is 37.6 Å². The van der Waals surface area contributed by atoms with Gasteiger partial charge in [-0.3, -0.25) is 4.90 Å². The maximum Gasteiger partial charge on any atom is 0.0567 e. The van der Waals surface area contributed by atoms with Crippen LogP contribution < -0.4 is 0 Å². The smallest absolute Gasteiger partial charge is 0.0567 e. The van der Waals surface area contributed by atoms with Crippen LogP contribution in [-0.2, 0) is 0 Å². The van der Waals surface area contributed by atoms with Gasteiger partial charge in [-0.15, -0.1) is 0 Å². The fourth-order valence-corrected chi connectivity index (χ4v) is 2.44. The molecule has 2 aromatic rings. The molecule has 2 heteroatoms. The molecule has 0 atom stereocenters. The monoisotopic (exact) mass is 213 g/mol. The summed E-state index contributed by atoms with van der Waals surface area (Å²) in [6.07, 6.45) is 6.16. The predicted molar refractivity (Wildman–Crippen MR) is 67.1 cm³/mol. The molecule has 16 heavy (non-hydrogen) atoms. The van der Waals surface area contributed by atoms with E-state index >= 15 is 0 Å². The predicted octanol–water partition coefficient (Wildman–Crippen LogP) is 3.16. The molecule has 1 N–H and O–H groups in total. The molecule has 2 heterocycles. The summed E-state index contributed by atoms with van der Waals surface area (Å²) in [7, 11) is 0. The van der Waals surface area contributed by atoms with Gasteiger partial charge >= 0.3 is 0 Å². The van der Waals surface area contributed by atoms with Gasteiger partial charge in [0.1, 0.15) is 0 Å². The molecule has 1 radical (unpaired) electrons. The van der Waals surface area contributed by atoms with Crippen molar-refractivity contribution in [2.75, 3.05) is 13.1 Å². The number of nitrogens with one attached hydrogen (secondary N) is 1. The minimum atomic E-state index is 1.21. The van der Waals surface area contributed by atoms with E-state index in [0.29, 0.717) is 0 Å². The van der Waals surface area contributed by atoms with E-state index in [2.05, 4.69) is 46.9 Å². The van der Waals surface area contributed by atoms with E-state index in [4.69, 9.17) is 0 Å². The maximum atomic E-state index is 3.32. The zero-order valence-electron chi connectivity index (χ0n) is 9.45. The fourth-order valence-electron chi connectivity index (χ4n) is 2.44. The Morgan fingerprint density at radius 1 is 1.06 bits per heavy atom. The summed E-state index contributed by atoms with van der Waals surface area (Å²) in [5, 5.41) is 1.33. The van der Waals surface area contributed by atoms with Crippen molar-refractivity contribution in [3.05, 3.63) is 42.6 Å². The number of benzene rings is 1. The molecule has 1 saturated heterocycles. The van der Waals surface area contributed by atoms with Crippen molar-refractivity contribution in [3.8, 4) is 0 Å². The SMILES string of the molecule is [CH](c1c[nH]c2ccccc12)N1CCCCC1. The van der Waals surface area contributed by atoms with E-state index < -0.39 is 0 Å². The largest absolute Gasteiger partial charge is 0.361 e. The molecule has 1 aromatic carbocycles. The summed E-state index contributed by atoms with van der Waals surface area (Å²) in [5.74, 6) is 0. The number of hydrogen-bond acceptors (Lipinski definition) is 1. The van der Waals surface area contributed by atoms with Crippen LogP contribution >= 0.6 is 0 Å². The lowest BCUT2D eigenvalue weighted by Crippen LogP contribution is -2.27. The number of piperidine rings is 1. The van der Waals surface area contributed by atoms with Crippen LogP contribution in [0.25, 0.3) is 10.9 Å². The van der Waals surface area contributed by atoms with Crippen LogP contribution in [0.3, 0.4) is 0 Å². The van der Waals surface area contributed by atoms with Crippen LogP contribution in [0.1, 0.15) is 24.8 Å².